The van der Waals surface area contributed by atoms with Gasteiger partial charge in [0.25, 0.3) is 0 Å². The number of benzene rings is 3. The summed E-state index contributed by atoms with van der Waals surface area (Å²) in [6.07, 6.45) is -4.37. The van der Waals surface area contributed by atoms with Gasteiger partial charge in [0.05, 0.1) is 11.1 Å². The van der Waals surface area contributed by atoms with Gasteiger partial charge in [-0.15, -0.1) is 0 Å². The van der Waals surface area contributed by atoms with E-state index in [-0.39, 0.29) is 0 Å². The monoisotopic (exact) mass is 369 g/mol. The summed E-state index contributed by atoms with van der Waals surface area (Å²) in [5, 5.41) is 1.30. The molecule has 3 aromatic rings. The van der Waals surface area contributed by atoms with Gasteiger partial charge in [0.15, 0.2) is 5.30 Å². The zero-order valence-corrected chi connectivity index (χ0v) is 14.4. The Kier molecular flexibility index (Phi) is 5.21. The molecule has 0 bridgehead atoms. The summed E-state index contributed by atoms with van der Waals surface area (Å²) in [5.41, 5.74) is 0.343. The van der Waals surface area contributed by atoms with E-state index in [0.29, 0.717) is 21.7 Å². The molecule has 0 spiro atoms. The van der Waals surface area contributed by atoms with Gasteiger partial charge in [-0.3, -0.25) is 0 Å². The molecule has 1 unspecified atom stereocenters. The lowest BCUT2D eigenvalue weighted by molar-refractivity contribution is -0.137. The van der Waals surface area contributed by atoms with E-state index in [9.17, 15) is 17.7 Å². The Morgan fingerprint density at radius 1 is 0.731 bits per heavy atom. The molecular weight excluding hydrogens is 356 g/mol. The van der Waals surface area contributed by atoms with E-state index in [2.05, 4.69) is 11.8 Å². The molecule has 3 aromatic carbocycles. The van der Waals surface area contributed by atoms with Gasteiger partial charge >= 0.3 is 14.0 Å². The molecule has 0 heterocycles. The summed E-state index contributed by atoms with van der Waals surface area (Å²) in [6, 6.07) is 20.8. The summed E-state index contributed by atoms with van der Waals surface area (Å²) in [5.74, 6) is 5.76. The number of alkyl halides is 3. The largest absolute Gasteiger partial charge is 0.416 e. The predicted molar refractivity (Wildman–Crippen MR) is 97.2 cm³/mol. The number of hydrogen-bond acceptors (Lipinski definition) is 1. The minimum Gasteiger partial charge on any atom is -0.166 e. The van der Waals surface area contributed by atoms with Crippen LogP contribution >= 0.6 is 7.80 Å². The summed E-state index contributed by atoms with van der Waals surface area (Å²) in [6.45, 7) is 0. The van der Waals surface area contributed by atoms with Crippen molar-refractivity contribution in [2.75, 3.05) is 0 Å². The number of halogens is 3. The van der Waals surface area contributed by atoms with Crippen LogP contribution in [0.3, 0.4) is 0 Å². The van der Waals surface area contributed by atoms with Crippen LogP contribution in [0.5, 0.6) is 0 Å². The highest BCUT2D eigenvalue weighted by atomic mass is 31.1. The van der Waals surface area contributed by atoms with Crippen molar-refractivity contribution in [1.82, 2.24) is 0 Å². The second kappa shape index (κ2) is 7.56. The van der Waals surface area contributed by atoms with Gasteiger partial charge in [-0.1, -0.05) is 46.7 Å². The topological polar surface area (TPSA) is 17.1 Å². The first-order valence-electron chi connectivity index (χ1n) is 7.76. The highest BCUT2D eigenvalue weighted by molar-refractivity contribution is 7.61. The predicted octanol–water partition coefficient (Wildman–Crippen LogP) is 4.88. The van der Waals surface area contributed by atoms with Gasteiger partial charge in [0.2, 0.25) is 5.30 Å². The van der Waals surface area contributed by atoms with Gasteiger partial charge in [-0.05, 0) is 48.5 Å². The fourth-order valence-corrected chi connectivity index (χ4v) is 3.63. The molecule has 0 saturated heterocycles. The highest BCUT2D eigenvalue weighted by Crippen LogP contribution is 2.29. The van der Waals surface area contributed by atoms with E-state index in [0.717, 1.165) is 12.1 Å². The smallest absolute Gasteiger partial charge is 0.166 e. The van der Waals surface area contributed by atoms with Gasteiger partial charge < -0.3 is 0 Å². The number of hydrogen-bond donors (Lipinski definition) is 0. The molecule has 1 nitrogen and oxygen atoms in total. The third-order valence-electron chi connectivity index (χ3n) is 3.67. The van der Waals surface area contributed by atoms with Crippen molar-refractivity contribution in [2.24, 2.45) is 0 Å². The van der Waals surface area contributed by atoms with Gasteiger partial charge in [-0.25, -0.2) is 0 Å². The summed E-state index contributed by atoms with van der Waals surface area (Å²) in [7, 11) is -1.79. The fourth-order valence-electron chi connectivity index (χ4n) is 2.34. The van der Waals surface area contributed by atoms with Crippen molar-refractivity contribution < 1.29 is 17.7 Å². The van der Waals surface area contributed by atoms with E-state index < -0.39 is 19.5 Å². The third kappa shape index (κ3) is 4.20. The van der Waals surface area contributed by atoms with E-state index >= 15 is 0 Å². The lowest BCUT2D eigenvalue weighted by Crippen LogP contribution is -2.09. The Morgan fingerprint density at radius 3 is 2.00 bits per heavy atom. The Bertz CT molecular complexity index is 982. The maximum absolute atomic E-state index is 12.8. The maximum Gasteiger partial charge on any atom is 0.416 e. The Morgan fingerprint density at radius 2 is 1.35 bits per heavy atom. The lowest BCUT2D eigenvalue weighted by atomic mass is 10.1. The van der Waals surface area contributed by atoms with Crippen molar-refractivity contribution in [3.05, 3.63) is 95.6 Å². The molecule has 5 heteroatoms. The van der Waals surface area contributed by atoms with Crippen molar-refractivity contribution in [3.8, 4) is 11.8 Å². The molecular formula is C21H13F3OP+. The van der Waals surface area contributed by atoms with Gasteiger partial charge in [0.1, 0.15) is 0 Å². The van der Waals surface area contributed by atoms with Gasteiger partial charge in [-0.2, -0.15) is 13.2 Å². The molecule has 0 aromatic heterocycles. The first-order chi connectivity index (χ1) is 12.4. The molecule has 0 aliphatic carbocycles. The van der Waals surface area contributed by atoms with Crippen molar-refractivity contribution >= 4 is 18.4 Å². The zero-order valence-electron chi connectivity index (χ0n) is 13.5. The quantitative estimate of drug-likeness (QED) is 0.465. The van der Waals surface area contributed by atoms with Crippen LogP contribution in [-0.4, -0.2) is 0 Å². The molecule has 3 rings (SSSR count). The van der Waals surface area contributed by atoms with Crippen molar-refractivity contribution in [2.45, 2.75) is 6.18 Å². The average molecular weight is 369 g/mol. The molecule has 0 N–H and O–H groups in total. The van der Waals surface area contributed by atoms with Crippen LogP contribution in [0.25, 0.3) is 0 Å². The molecule has 0 amide bonds. The highest BCUT2D eigenvalue weighted by Gasteiger charge is 2.30. The standard InChI is InChI=1S/C21H13F3OP/c22-21(23,24)18-14-11-16(12-15-18)10-13-17-6-4-5-9-20(17)26(25)19-7-2-1-3-8-19/h1-9,11-12,14-15H/q+1. The van der Waals surface area contributed by atoms with Crippen LogP contribution < -0.4 is 10.6 Å². The van der Waals surface area contributed by atoms with E-state index in [1.165, 1.54) is 12.1 Å². The van der Waals surface area contributed by atoms with Crippen LogP contribution in [0.15, 0.2) is 78.9 Å². The third-order valence-corrected chi connectivity index (χ3v) is 5.26. The van der Waals surface area contributed by atoms with Crippen LogP contribution in [0.4, 0.5) is 13.2 Å². The minimum atomic E-state index is -4.37. The molecule has 0 aliphatic heterocycles. The molecule has 0 radical (unpaired) electrons. The molecule has 0 fully saturated rings. The summed E-state index contributed by atoms with van der Waals surface area (Å²) in [4.78, 5) is 0. The first-order valence-corrected chi connectivity index (χ1v) is 9.02. The van der Waals surface area contributed by atoms with Crippen LogP contribution in [0.1, 0.15) is 16.7 Å². The SMILES string of the molecule is O=[P+](c1ccccc1)c1ccccc1C#Cc1ccc(C(F)(F)F)cc1. The maximum atomic E-state index is 12.8. The first kappa shape index (κ1) is 17.9. The molecule has 26 heavy (non-hydrogen) atoms. The molecule has 1 atom stereocenters. The van der Waals surface area contributed by atoms with Gasteiger partial charge in [0, 0.05) is 5.56 Å². The molecule has 0 aliphatic rings. The summed E-state index contributed by atoms with van der Waals surface area (Å²) >= 11 is 0. The van der Waals surface area contributed by atoms with E-state index in [1.807, 2.05) is 18.2 Å². The minimum absolute atomic E-state index is 0.461. The Balaban J connectivity index is 1.91. The molecule has 0 saturated carbocycles. The van der Waals surface area contributed by atoms with E-state index in [4.69, 9.17) is 0 Å². The summed E-state index contributed by atoms with van der Waals surface area (Å²) < 4.78 is 50.6. The normalized spacial score (nSPS) is 11.4. The number of rotatable bonds is 2. The van der Waals surface area contributed by atoms with Crippen LogP contribution in [0.2, 0.25) is 0 Å². The lowest BCUT2D eigenvalue weighted by Gasteiger charge is -2.05. The second-order valence-corrected chi connectivity index (χ2v) is 7.06. The van der Waals surface area contributed by atoms with Crippen molar-refractivity contribution in [1.29, 1.82) is 0 Å². The van der Waals surface area contributed by atoms with E-state index in [1.54, 1.807) is 36.4 Å². The average Bonchev–Trinajstić information content (AvgIpc) is 2.66. The van der Waals surface area contributed by atoms with Crippen molar-refractivity contribution in [3.63, 3.8) is 0 Å². The second-order valence-electron chi connectivity index (χ2n) is 5.47. The fraction of sp³-hybridized carbons (Fsp3) is 0.0476. The Hall–Kier alpha value is -2.89. The van der Waals surface area contributed by atoms with Crippen LogP contribution in [0, 0.1) is 11.8 Å². The van der Waals surface area contributed by atoms with Crippen LogP contribution in [-0.2, 0) is 10.7 Å². The molecule has 128 valence electrons. The Labute approximate surface area is 150 Å². The zero-order chi connectivity index (χ0) is 18.6.